The number of nitrogens with zero attached hydrogens (tertiary/aromatic N) is 1. The summed E-state index contributed by atoms with van der Waals surface area (Å²) in [5.41, 5.74) is 3.53. The monoisotopic (exact) mass is 446 g/mol. The molecule has 0 aliphatic rings. The second kappa shape index (κ2) is 11.2. The van der Waals surface area contributed by atoms with Crippen molar-refractivity contribution in [1.82, 2.24) is 4.90 Å². The van der Waals surface area contributed by atoms with Gasteiger partial charge in [0.15, 0.2) is 0 Å². The lowest BCUT2D eigenvalue weighted by atomic mass is 9.92. The number of phenolic OH excluding ortho intramolecular Hbond substituents is 2. The van der Waals surface area contributed by atoms with Crippen molar-refractivity contribution in [3.05, 3.63) is 83.9 Å². The third kappa shape index (κ3) is 6.60. The van der Waals surface area contributed by atoms with Crippen molar-refractivity contribution < 1.29 is 19.7 Å². The highest BCUT2D eigenvalue weighted by Crippen LogP contribution is 2.32. The van der Waals surface area contributed by atoms with Crippen LogP contribution in [0.1, 0.15) is 24.5 Å². The van der Waals surface area contributed by atoms with Crippen LogP contribution < -0.4 is 10.1 Å². The molecule has 0 radical (unpaired) electrons. The number of carbonyl (C=O) groups is 1. The Morgan fingerprint density at radius 1 is 0.848 bits per heavy atom. The largest absolute Gasteiger partial charge is 0.508 e. The Kier molecular flexibility index (Phi) is 8.11. The first-order valence-corrected chi connectivity index (χ1v) is 10.9. The summed E-state index contributed by atoms with van der Waals surface area (Å²) in [6.07, 6.45) is 0.604. The summed E-state index contributed by atoms with van der Waals surface area (Å²) in [5.74, 6) is 0.776. The first-order chi connectivity index (χ1) is 15.9. The van der Waals surface area contributed by atoms with Gasteiger partial charge in [0.1, 0.15) is 23.9 Å². The number of ether oxygens (including phenoxy) is 1. The number of hydrogen-bond donors (Lipinski definition) is 3. The van der Waals surface area contributed by atoms with Crippen LogP contribution in [-0.4, -0.2) is 48.3 Å². The van der Waals surface area contributed by atoms with E-state index in [1.54, 1.807) is 48.5 Å². The quantitative estimate of drug-likeness (QED) is 0.318. The first-order valence-electron chi connectivity index (χ1n) is 10.9. The first kappa shape index (κ1) is 23.9. The summed E-state index contributed by atoms with van der Waals surface area (Å²) >= 11 is 0. The Balaban J connectivity index is 1.90. The number of anilines is 1. The second-order valence-electron chi connectivity index (χ2n) is 7.93. The van der Waals surface area contributed by atoms with Crippen molar-refractivity contribution in [2.24, 2.45) is 0 Å². The molecule has 0 fully saturated rings. The fourth-order valence-corrected chi connectivity index (χ4v) is 3.43. The average Bonchev–Trinajstić information content (AvgIpc) is 2.80. The highest BCUT2D eigenvalue weighted by Gasteiger charge is 2.19. The highest BCUT2D eigenvalue weighted by molar-refractivity contribution is 6.31. The molecule has 3 aromatic rings. The predicted octanol–water partition coefficient (Wildman–Crippen LogP) is 5.00. The van der Waals surface area contributed by atoms with E-state index in [2.05, 4.69) is 5.32 Å². The van der Waals surface area contributed by atoms with Crippen LogP contribution in [0.3, 0.4) is 0 Å². The Labute approximate surface area is 194 Å². The van der Waals surface area contributed by atoms with Gasteiger partial charge in [-0.25, -0.2) is 0 Å². The average molecular weight is 447 g/mol. The number of aromatic hydroxyl groups is 2. The summed E-state index contributed by atoms with van der Waals surface area (Å²) in [5, 5.41) is 22.4. The smallest absolute Gasteiger partial charge is 0.256 e. The third-order valence-electron chi connectivity index (χ3n) is 5.17. The van der Waals surface area contributed by atoms with Gasteiger partial charge in [-0.2, -0.15) is 0 Å². The zero-order valence-corrected chi connectivity index (χ0v) is 19.2. The lowest BCUT2D eigenvalue weighted by molar-refractivity contribution is -0.111. The fourth-order valence-electron chi connectivity index (χ4n) is 3.43. The molecule has 0 bridgehead atoms. The zero-order valence-electron chi connectivity index (χ0n) is 19.2. The summed E-state index contributed by atoms with van der Waals surface area (Å²) in [6.45, 7) is 3.38. The maximum absolute atomic E-state index is 13.5. The molecule has 0 heterocycles. The van der Waals surface area contributed by atoms with Gasteiger partial charge >= 0.3 is 0 Å². The van der Waals surface area contributed by atoms with Crippen LogP contribution in [0.2, 0.25) is 0 Å². The molecule has 6 nitrogen and oxygen atoms in total. The summed E-state index contributed by atoms with van der Waals surface area (Å²) < 4.78 is 5.72. The van der Waals surface area contributed by atoms with Gasteiger partial charge in [-0.1, -0.05) is 31.2 Å². The van der Waals surface area contributed by atoms with Gasteiger partial charge in [-0.3, -0.25) is 4.79 Å². The van der Waals surface area contributed by atoms with Gasteiger partial charge in [0, 0.05) is 12.2 Å². The van der Waals surface area contributed by atoms with Gasteiger partial charge in [0.2, 0.25) is 0 Å². The van der Waals surface area contributed by atoms with E-state index in [1.807, 2.05) is 50.2 Å². The second-order valence-corrected chi connectivity index (χ2v) is 7.93. The van der Waals surface area contributed by atoms with E-state index in [-0.39, 0.29) is 17.4 Å². The minimum Gasteiger partial charge on any atom is -0.508 e. The Hall–Kier alpha value is -3.77. The predicted molar refractivity (Wildman–Crippen MR) is 132 cm³/mol. The van der Waals surface area contributed by atoms with Crippen LogP contribution in [0, 0.1) is 0 Å². The molecular formula is C27H30N2O4. The molecule has 0 unspecified atom stereocenters. The van der Waals surface area contributed by atoms with E-state index in [0.29, 0.717) is 29.9 Å². The summed E-state index contributed by atoms with van der Waals surface area (Å²) in [4.78, 5) is 15.5. The van der Waals surface area contributed by atoms with Gasteiger partial charge in [0.05, 0.1) is 5.57 Å². The molecule has 0 aliphatic heterocycles. The normalized spacial score (nSPS) is 11.8. The summed E-state index contributed by atoms with van der Waals surface area (Å²) in [7, 11) is 3.98. The molecule has 0 spiro atoms. The topological polar surface area (TPSA) is 82.0 Å². The number of hydrogen-bond acceptors (Lipinski definition) is 5. The van der Waals surface area contributed by atoms with E-state index < -0.39 is 0 Å². The molecule has 1 amide bonds. The van der Waals surface area contributed by atoms with Crippen molar-refractivity contribution in [3.63, 3.8) is 0 Å². The number of rotatable bonds is 9. The minimum atomic E-state index is -0.258. The molecule has 0 saturated heterocycles. The summed E-state index contributed by atoms with van der Waals surface area (Å²) in [6, 6.07) is 20.6. The molecule has 0 aliphatic carbocycles. The lowest BCUT2D eigenvalue weighted by Gasteiger charge is -2.16. The van der Waals surface area contributed by atoms with Gasteiger partial charge in [0.25, 0.3) is 5.91 Å². The molecule has 3 N–H and O–H groups in total. The molecule has 172 valence electrons. The molecule has 0 saturated carbocycles. The van der Waals surface area contributed by atoms with E-state index in [4.69, 9.17) is 4.74 Å². The number of nitrogens with one attached hydrogen (secondary N) is 1. The van der Waals surface area contributed by atoms with Crippen LogP contribution in [0.5, 0.6) is 17.2 Å². The van der Waals surface area contributed by atoms with E-state index in [9.17, 15) is 15.0 Å². The number of allylic oxidation sites excluding steroid dienone is 1. The molecule has 3 rings (SSSR count). The minimum absolute atomic E-state index is 0.131. The van der Waals surface area contributed by atoms with Crippen LogP contribution in [0.25, 0.3) is 11.1 Å². The van der Waals surface area contributed by atoms with Crippen molar-refractivity contribution in [2.45, 2.75) is 13.3 Å². The van der Waals surface area contributed by atoms with Crippen LogP contribution in [-0.2, 0) is 4.79 Å². The molecule has 0 aromatic heterocycles. The van der Waals surface area contributed by atoms with Crippen LogP contribution in [0.4, 0.5) is 5.69 Å². The van der Waals surface area contributed by atoms with Crippen LogP contribution in [0.15, 0.2) is 72.8 Å². The van der Waals surface area contributed by atoms with E-state index in [0.717, 1.165) is 23.4 Å². The maximum Gasteiger partial charge on any atom is 0.256 e. The maximum atomic E-state index is 13.5. The number of benzene rings is 3. The van der Waals surface area contributed by atoms with E-state index in [1.165, 1.54) is 0 Å². The number of carbonyl (C=O) groups excluding carboxylic acids is 1. The van der Waals surface area contributed by atoms with Crippen molar-refractivity contribution in [3.8, 4) is 17.2 Å². The Bertz CT molecular complexity index is 1090. The Morgan fingerprint density at radius 2 is 1.39 bits per heavy atom. The SMILES string of the molecule is CC/C(=C(/C(=O)Nc1ccc(OCCN(C)C)cc1)c1ccc(O)cc1)c1ccc(O)cc1. The van der Waals surface area contributed by atoms with Gasteiger partial charge in [-0.15, -0.1) is 0 Å². The van der Waals surface area contributed by atoms with Crippen LogP contribution >= 0.6 is 0 Å². The van der Waals surface area contributed by atoms with E-state index >= 15 is 0 Å². The molecule has 0 atom stereocenters. The van der Waals surface area contributed by atoms with Crippen molar-refractivity contribution >= 4 is 22.7 Å². The standard InChI is InChI=1S/C27H30N2O4/c1-4-25(19-5-11-22(30)12-6-19)26(20-7-13-23(31)14-8-20)27(32)28-21-9-15-24(16-10-21)33-18-17-29(2)3/h5-16,30-31H,4,17-18H2,1-3H3,(H,28,32)/b26-25-. The van der Waals surface area contributed by atoms with Gasteiger partial charge < -0.3 is 25.2 Å². The highest BCUT2D eigenvalue weighted by atomic mass is 16.5. The van der Waals surface area contributed by atoms with Crippen molar-refractivity contribution in [1.29, 1.82) is 0 Å². The zero-order chi connectivity index (χ0) is 23.8. The number of phenols is 2. The molecular weight excluding hydrogens is 416 g/mol. The number of amides is 1. The van der Waals surface area contributed by atoms with Crippen molar-refractivity contribution in [2.75, 3.05) is 32.6 Å². The molecule has 33 heavy (non-hydrogen) atoms. The lowest BCUT2D eigenvalue weighted by Crippen LogP contribution is -2.19. The number of likely N-dealkylation sites (N-methyl/N-ethyl adjacent to an activating group) is 1. The third-order valence-corrected chi connectivity index (χ3v) is 5.17. The Morgan fingerprint density at radius 3 is 1.91 bits per heavy atom. The van der Waals surface area contributed by atoms with Gasteiger partial charge in [-0.05, 0) is 85.7 Å². The molecule has 6 heteroatoms. The fraction of sp³-hybridized carbons (Fsp3) is 0.222. The molecule has 3 aromatic carbocycles.